The molecule has 0 aliphatic carbocycles. The third kappa shape index (κ3) is 4.62. The van der Waals surface area contributed by atoms with Crippen molar-refractivity contribution in [1.82, 2.24) is 15.2 Å². The predicted octanol–water partition coefficient (Wildman–Crippen LogP) is 4.81. The van der Waals surface area contributed by atoms with E-state index in [-0.39, 0.29) is 11.9 Å². The molecule has 0 bridgehead atoms. The fraction of sp³-hybridized carbons (Fsp3) is 0.360. The second-order valence-corrected chi connectivity index (χ2v) is 8.29. The van der Waals surface area contributed by atoms with E-state index >= 15 is 0 Å². The van der Waals surface area contributed by atoms with E-state index in [9.17, 15) is 4.79 Å². The lowest BCUT2D eigenvalue weighted by Gasteiger charge is -2.28. The van der Waals surface area contributed by atoms with Crippen molar-refractivity contribution in [3.05, 3.63) is 66.1 Å². The van der Waals surface area contributed by atoms with Gasteiger partial charge in [0.15, 0.2) is 0 Å². The Bertz CT molecular complexity index is 993. The normalized spacial score (nSPS) is 16.4. The van der Waals surface area contributed by atoms with Crippen molar-refractivity contribution in [2.45, 2.75) is 52.2 Å². The molecule has 30 heavy (non-hydrogen) atoms. The van der Waals surface area contributed by atoms with Gasteiger partial charge in [-0.3, -0.25) is 9.69 Å². The zero-order chi connectivity index (χ0) is 21.1. The Hall–Kier alpha value is -2.92. The summed E-state index contributed by atoms with van der Waals surface area (Å²) in [7, 11) is 0. The molecule has 1 unspecified atom stereocenters. The third-order valence-electron chi connectivity index (χ3n) is 5.75. The highest BCUT2D eigenvalue weighted by Crippen LogP contribution is 2.26. The number of aromatic nitrogens is 1. The molecule has 3 aromatic rings. The number of hydrogen-bond donors (Lipinski definition) is 1. The first-order valence-corrected chi connectivity index (χ1v) is 10.6. The minimum absolute atomic E-state index is 0.155. The smallest absolute Gasteiger partial charge is 0.226 e. The van der Waals surface area contributed by atoms with Crippen LogP contribution in [0.1, 0.15) is 38.1 Å². The lowest BCUT2D eigenvalue weighted by molar-refractivity contribution is -0.119. The first-order chi connectivity index (χ1) is 14.5. The second kappa shape index (κ2) is 8.84. The molecule has 1 amide bonds. The summed E-state index contributed by atoms with van der Waals surface area (Å²) >= 11 is 0. The van der Waals surface area contributed by atoms with Gasteiger partial charge in [-0.1, -0.05) is 42.5 Å². The molecule has 0 saturated carbocycles. The Balaban J connectivity index is 1.49. The molecule has 5 heteroatoms. The van der Waals surface area contributed by atoms with Crippen LogP contribution in [0.2, 0.25) is 0 Å². The minimum Gasteiger partial charge on any atom is -0.441 e. The van der Waals surface area contributed by atoms with E-state index in [2.05, 4.69) is 60.5 Å². The van der Waals surface area contributed by atoms with E-state index in [1.54, 1.807) is 0 Å². The summed E-state index contributed by atoms with van der Waals surface area (Å²) in [6.07, 6.45) is 1.53. The molecule has 0 radical (unpaired) electrons. The van der Waals surface area contributed by atoms with Crippen LogP contribution in [0.5, 0.6) is 0 Å². The molecule has 1 atom stereocenters. The summed E-state index contributed by atoms with van der Waals surface area (Å²) in [4.78, 5) is 18.7. The minimum atomic E-state index is 0.155. The fourth-order valence-electron chi connectivity index (χ4n) is 3.88. The van der Waals surface area contributed by atoms with Gasteiger partial charge in [0.25, 0.3) is 0 Å². The number of aryl methyl sites for hydroxylation is 1. The summed E-state index contributed by atoms with van der Waals surface area (Å²) in [5.41, 5.74) is 4.30. The number of rotatable bonds is 7. The monoisotopic (exact) mass is 403 g/mol. The molecule has 1 saturated heterocycles. The number of carbonyl (C=O) groups is 1. The van der Waals surface area contributed by atoms with Gasteiger partial charge in [0, 0.05) is 37.2 Å². The number of oxazole rings is 1. The van der Waals surface area contributed by atoms with Crippen molar-refractivity contribution < 1.29 is 9.21 Å². The maximum absolute atomic E-state index is 11.5. The molecular formula is C25H29N3O2. The highest BCUT2D eigenvalue weighted by molar-refractivity contribution is 5.78. The summed E-state index contributed by atoms with van der Waals surface area (Å²) in [6.45, 7) is 7.86. The van der Waals surface area contributed by atoms with E-state index in [4.69, 9.17) is 9.40 Å². The molecule has 2 aromatic carbocycles. The topological polar surface area (TPSA) is 58.4 Å². The first kappa shape index (κ1) is 20.4. The number of nitrogens with one attached hydrogen (secondary N) is 1. The quantitative estimate of drug-likeness (QED) is 0.615. The van der Waals surface area contributed by atoms with Crippen molar-refractivity contribution in [3.8, 4) is 22.6 Å². The molecule has 156 valence electrons. The number of benzene rings is 2. The van der Waals surface area contributed by atoms with Crippen LogP contribution in [0.15, 0.2) is 59.0 Å². The van der Waals surface area contributed by atoms with Crippen molar-refractivity contribution >= 4 is 5.91 Å². The SMILES string of the molecule is Cc1oc(-c2ccc(-c3ccccc3)cc2)nc1CN(CC1CCC(=O)N1)C(C)C. The maximum atomic E-state index is 11.5. The molecule has 1 aromatic heterocycles. The molecule has 1 aliphatic rings. The Labute approximate surface area is 178 Å². The second-order valence-electron chi connectivity index (χ2n) is 8.29. The van der Waals surface area contributed by atoms with Crippen LogP contribution < -0.4 is 5.32 Å². The van der Waals surface area contributed by atoms with Crippen LogP contribution in [-0.4, -0.2) is 34.4 Å². The van der Waals surface area contributed by atoms with Gasteiger partial charge in [-0.2, -0.15) is 0 Å². The summed E-state index contributed by atoms with van der Waals surface area (Å²) in [5, 5.41) is 3.06. The van der Waals surface area contributed by atoms with E-state index in [1.807, 2.05) is 25.1 Å². The van der Waals surface area contributed by atoms with Gasteiger partial charge in [0.1, 0.15) is 5.76 Å². The molecular weight excluding hydrogens is 374 g/mol. The van der Waals surface area contributed by atoms with Crippen molar-refractivity contribution in [1.29, 1.82) is 0 Å². The molecule has 2 heterocycles. The number of nitrogens with zero attached hydrogens (tertiary/aromatic N) is 2. The van der Waals surface area contributed by atoms with Crippen LogP contribution >= 0.6 is 0 Å². The molecule has 4 rings (SSSR count). The van der Waals surface area contributed by atoms with Crippen molar-refractivity contribution in [3.63, 3.8) is 0 Å². The highest BCUT2D eigenvalue weighted by Gasteiger charge is 2.25. The lowest BCUT2D eigenvalue weighted by atomic mass is 10.0. The van der Waals surface area contributed by atoms with E-state index in [0.717, 1.165) is 30.0 Å². The van der Waals surface area contributed by atoms with Gasteiger partial charge in [-0.25, -0.2) is 4.98 Å². The lowest BCUT2D eigenvalue weighted by Crippen LogP contribution is -2.41. The number of amides is 1. The highest BCUT2D eigenvalue weighted by atomic mass is 16.4. The van der Waals surface area contributed by atoms with Crippen LogP contribution in [0, 0.1) is 6.92 Å². The number of hydrogen-bond acceptors (Lipinski definition) is 4. The van der Waals surface area contributed by atoms with E-state index in [0.29, 0.717) is 24.9 Å². The zero-order valence-electron chi connectivity index (χ0n) is 17.9. The molecule has 0 spiro atoms. The fourth-order valence-corrected chi connectivity index (χ4v) is 3.88. The Kier molecular flexibility index (Phi) is 6.00. The Morgan fingerprint density at radius 1 is 1.07 bits per heavy atom. The zero-order valence-corrected chi connectivity index (χ0v) is 17.9. The molecule has 1 N–H and O–H groups in total. The van der Waals surface area contributed by atoms with Gasteiger partial charge in [0.2, 0.25) is 11.8 Å². The summed E-state index contributed by atoms with van der Waals surface area (Å²) in [5.74, 6) is 1.65. The van der Waals surface area contributed by atoms with Crippen LogP contribution in [0.4, 0.5) is 0 Å². The van der Waals surface area contributed by atoms with Crippen molar-refractivity contribution in [2.75, 3.05) is 6.54 Å². The Morgan fingerprint density at radius 2 is 1.73 bits per heavy atom. The maximum Gasteiger partial charge on any atom is 0.226 e. The van der Waals surface area contributed by atoms with Crippen molar-refractivity contribution in [2.24, 2.45) is 0 Å². The van der Waals surface area contributed by atoms with Gasteiger partial charge in [-0.05, 0) is 50.5 Å². The standard InChI is InChI=1S/C25H29N3O2/c1-17(2)28(15-22-13-14-24(29)26-22)16-23-18(3)30-25(27-23)21-11-9-20(10-12-21)19-7-5-4-6-8-19/h4-12,17,22H,13-16H2,1-3H3,(H,26,29). The van der Waals surface area contributed by atoms with E-state index < -0.39 is 0 Å². The predicted molar refractivity (Wildman–Crippen MR) is 119 cm³/mol. The van der Waals surface area contributed by atoms with Gasteiger partial charge in [0.05, 0.1) is 5.69 Å². The van der Waals surface area contributed by atoms with Gasteiger partial charge in [-0.15, -0.1) is 0 Å². The Morgan fingerprint density at radius 3 is 2.37 bits per heavy atom. The summed E-state index contributed by atoms with van der Waals surface area (Å²) < 4.78 is 6.01. The number of carbonyl (C=O) groups excluding carboxylic acids is 1. The van der Waals surface area contributed by atoms with Gasteiger partial charge < -0.3 is 9.73 Å². The molecule has 5 nitrogen and oxygen atoms in total. The van der Waals surface area contributed by atoms with Crippen LogP contribution in [-0.2, 0) is 11.3 Å². The molecule has 1 fully saturated rings. The van der Waals surface area contributed by atoms with Crippen LogP contribution in [0.3, 0.4) is 0 Å². The largest absolute Gasteiger partial charge is 0.441 e. The molecule has 1 aliphatic heterocycles. The first-order valence-electron chi connectivity index (χ1n) is 10.6. The van der Waals surface area contributed by atoms with Crippen LogP contribution in [0.25, 0.3) is 22.6 Å². The summed E-state index contributed by atoms with van der Waals surface area (Å²) in [6, 6.07) is 19.2. The average molecular weight is 404 g/mol. The van der Waals surface area contributed by atoms with E-state index in [1.165, 1.54) is 11.1 Å². The average Bonchev–Trinajstić information content (AvgIpc) is 3.33. The van der Waals surface area contributed by atoms with Gasteiger partial charge >= 0.3 is 0 Å². The third-order valence-corrected chi connectivity index (χ3v) is 5.75.